The van der Waals surface area contributed by atoms with Gasteiger partial charge in [-0.05, 0) is 54.3 Å². The Kier molecular flexibility index (Phi) is 6.40. The van der Waals surface area contributed by atoms with Crippen molar-refractivity contribution >= 4 is 27.7 Å². The summed E-state index contributed by atoms with van der Waals surface area (Å²) in [7, 11) is -3.44. The second-order valence-corrected chi connectivity index (χ2v) is 8.59. The number of benzene rings is 2. The number of carbonyl (C=O) groups is 1. The molecular formula is C20H21N3O5S. The summed E-state index contributed by atoms with van der Waals surface area (Å²) in [6.45, 7) is 1.37. The minimum atomic E-state index is -3.44. The van der Waals surface area contributed by atoms with E-state index in [1.807, 2.05) is 0 Å². The number of hydrogen-bond donors (Lipinski definition) is 1. The summed E-state index contributed by atoms with van der Waals surface area (Å²) >= 11 is 0. The summed E-state index contributed by atoms with van der Waals surface area (Å²) in [5.41, 5.74) is 1.44. The number of non-ortho nitro benzene ring substituents is 1. The van der Waals surface area contributed by atoms with Gasteiger partial charge in [-0.15, -0.1) is 0 Å². The van der Waals surface area contributed by atoms with Crippen LogP contribution in [0.3, 0.4) is 0 Å². The highest BCUT2D eigenvalue weighted by Gasteiger charge is 2.26. The van der Waals surface area contributed by atoms with Crippen LogP contribution in [0.25, 0.3) is 6.08 Å². The van der Waals surface area contributed by atoms with Crippen molar-refractivity contribution in [1.82, 2.24) is 9.62 Å². The number of nitrogens with one attached hydrogen (secondary N) is 1. The van der Waals surface area contributed by atoms with E-state index in [-0.39, 0.29) is 23.0 Å². The molecule has 152 valence electrons. The normalized spacial score (nSPS) is 14.9. The van der Waals surface area contributed by atoms with Gasteiger partial charge in [-0.2, -0.15) is 4.31 Å². The van der Waals surface area contributed by atoms with Gasteiger partial charge < -0.3 is 5.32 Å². The van der Waals surface area contributed by atoms with Crippen LogP contribution in [0.5, 0.6) is 0 Å². The Labute approximate surface area is 169 Å². The first-order chi connectivity index (χ1) is 13.9. The molecule has 0 spiro atoms. The molecule has 0 aromatic heterocycles. The molecule has 3 rings (SSSR count). The van der Waals surface area contributed by atoms with E-state index in [9.17, 15) is 23.3 Å². The van der Waals surface area contributed by atoms with Crippen LogP contribution in [-0.2, 0) is 21.4 Å². The molecule has 1 N–H and O–H groups in total. The van der Waals surface area contributed by atoms with Crippen molar-refractivity contribution in [2.24, 2.45) is 0 Å². The second-order valence-electron chi connectivity index (χ2n) is 6.65. The largest absolute Gasteiger partial charge is 0.348 e. The van der Waals surface area contributed by atoms with Crippen LogP contribution >= 0.6 is 0 Å². The van der Waals surface area contributed by atoms with Crippen LogP contribution in [0.15, 0.2) is 59.5 Å². The van der Waals surface area contributed by atoms with Crippen molar-refractivity contribution in [1.29, 1.82) is 0 Å². The summed E-state index contributed by atoms with van der Waals surface area (Å²) in [6, 6.07) is 12.3. The fourth-order valence-electron chi connectivity index (χ4n) is 2.98. The highest BCUT2D eigenvalue weighted by molar-refractivity contribution is 7.89. The number of hydrogen-bond acceptors (Lipinski definition) is 5. The maximum Gasteiger partial charge on any atom is 0.269 e. The zero-order chi connectivity index (χ0) is 20.9. The van der Waals surface area contributed by atoms with Gasteiger partial charge in [0.25, 0.3) is 5.69 Å². The lowest BCUT2D eigenvalue weighted by Crippen LogP contribution is -2.27. The highest BCUT2D eigenvalue weighted by Crippen LogP contribution is 2.21. The third kappa shape index (κ3) is 5.27. The Balaban J connectivity index is 1.54. The van der Waals surface area contributed by atoms with Crippen LogP contribution in [0, 0.1) is 10.1 Å². The number of amides is 1. The van der Waals surface area contributed by atoms with E-state index in [1.165, 1.54) is 22.5 Å². The van der Waals surface area contributed by atoms with Crippen molar-refractivity contribution < 1.29 is 18.1 Å². The molecule has 8 nitrogen and oxygen atoms in total. The SMILES string of the molecule is O=C(C=Cc1ccc([N+](=O)[O-])cc1)NCc1ccc(S(=O)(=O)N2CCCC2)cc1. The Morgan fingerprint density at radius 2 is 1.69 bits per heavy atom. The van der Waals surface area contributed by atoms with Gasteiger partial charge in [0, 0.05) is 37.8 Å². The van der Waals surface area contributed by atoms with Gasteiger partial charge in [0.05, 0.1) is 9.82 Å². The van der Waals surface area contributed by atoms with Crippen molar-refractivity contribution in [2.75, 3.05) is 13.1 Å². The molecule has 0 saturated carbocycles. The monoisotopic (exact) mass is 415 g/mol. The third-order valence-electron chi connectivity index (χ3n) is 4.62. The first-order valence-electron chi connectivity index (χ1n) is 9.16. The Morgan fingerprint density at radius 1 is 1.07 bits per heavy atom. The maximum atomic E-state index is 12.5. The number of nitrogens with zero attached hydrogens (tertiary/aromatic N) is 2. The van der Waals surface area contributed by atoms with Crippen molar-refractivity contribution in [3.05, 3.63) is 75.8 Å². The lowest BCUT2D eigenvalue weighted by atomic mass is 10.2. The van der Waals surface area contributed by atoms with Gasteiger partial charge in [0.15, 0.2) is 0 Å². The maximum absolute atomic E-state index is 12.5. The molecule has 9 heteroatoms. The molecule has 1 aliphatic rings. The van der Waals surface area contributed by atoms with E-state index in [1.54, 1.807) is 42.5 Å². The smallest absolute Gasteiger partial charge is 0.269 e. The predicted octanol–water partition coefficient (Wildman–Crippen LogP) is 2.71. The molecule has 0 radical (unpaired) electrons. The summed E-state index contributed by atoms with van der Waals surface area (Å²) < 4.78 is 26.5. The van der Waals surface area contributed by atoms with Crippen LogP contribution in [0.2, 0.25) is 0 Å². The molecule has 0 bridgehead atoms. The first-order valence-corrected chi connectivity index (χ1v) is 10.6. The Bertz CT molecular complexity index is 1010. The molecule has 1 amide bonds. The van der Waals surface area contributed by atoms with Gasteiger partial charge in [-0.3, -0.25) is 14.9 Å². The number of carbonyl (C=O) groups excluding carboxylic acids is 1. The third-order valence-corrected chi connectivity index (χ3v) is 6.54. The van der Waals surface area contributed by atoms with Gasteiger partial charge in [-0.1, -0.05) is 12.1 Å². The number of nitro groups is 1. The number of nitro benzene ring substituents is 1. The van der Waals surface area contributed by atoms with Crippen LogP contribution in [-0.4, -0.2) is 36.6 Å². The van der Waals surface area contributed by atoms with Gasteiger partial charge in [-0.25, -0.2) is 8.42 Å². The molecule has 1 heterocycles. The molecule has 2 aromatic carbocycles. The zero-order valence-electron chi connectivity index (χ0n) is 15.7. The standard InChI is InChI=1S/C20H21N3O5S/c24-20(12-7-16-3-8-18(9-4-16)23(25)26)21-15-17-5-10-19(11-6-17)29(27,28)22-13-1-2-14-22/h3-12H,1-2,13-15H2,(H,21,24). The molecule has 0 aliphatic carbocycles. The fraction of sp³-hybridized carbons (Fsp3) is 0.250. The first kappa shape index (κ1) is 20.7. The zero-order valence-corrected chi connectivity index (χ0v) is 16.5. The average molecular weight is 415 g/mol. The fourth-order valence-corrected chi connectivity index (χ4v) is 4.50. The van der Waals surface area contributed by atoms with Gasteiger partial charge >= 0.3 is 0 Å². The lowest BCUT2D eigenvalue weighted by molar-refractivity contribution is -0.384. The summed E-state index contributed by atoms with van der Waals surface area (Å²) in [5, 5.41) is 13.3. The summed E-state index contributed by atoms with van der Waals surface area (Å²) in [6.07, 6.45) is 4.67. The molecule has 0 atom stereocenters. The predicted molar refractivity (Wildman–Crippen MR) is 108 cm³/mol. The van der Waals surface area contributed by atoms with Crippen LogP contribution in [0.4, 0.5) is 5.69 Å². The van der Waals surface area contributed by atoms with Crippen molar-refractivity contribution in [2.45, 2.75) is 24.3 Å². The van der Waals surface area contributed by atoms with Gasteiger partial charge in [0.2, 0.25) is 15.9 Å². The van der Waals surface area contributed by atoms with Crippen molar-refractivity contribution in [3.63, 3.8) is 0 Å². The van der Waals surface area contributed by atoms with E-state index in [0.29, 0.717) is 18.7 Å². The molecule has 1 fully saturated rings. The molecule has 0 unspecified atom stereocenters. The second kappa shape index (κ2) is 8.97. The van der Waals surface area contributed by atoms with E-state index < -0.39 is 14.9 Å². The summed E-state index contributed by atoms with van der Waals surface area (Å²) in [4.78, 5) is 22.4. The Morgan fingerprint density at radius 3 is 2.28 bits per heavy atom. The van der Waals surface area contributed by atoms with Crippen LogP contribution < -0.4 is 5.32 Å². The molecule has 1 aliphatic heterocycles. The lowest BCUT2D eigenvalue weighted by Gasteiger charge is -2.15. The van der Waals surface area contributed by atoms with E-state index in [2.05, 4.69) is 5.32 Å². The highest BCUT2D eigenvalue weighted by atomic mass is 32.2. The quantitative estimate of drug-likeness (QED) is 0.425. The van der Waals surface area contributed by atoms with Crippen molar-refractivity contribution in [3.8, 4) is 0 Å². The van der Waals surface area contributed by atoms with Gasteiger partial charge in [0.1, 0.15) is 0 Å². The molecule has 2 aromatic rings. The van der Waals surface area contributed by atoms with E-state index in [0.717, 1.165) is 18.4 Å². The minimum Gasteiger partial charge on any atom is -0.348 e. The molecule has 29 heavy (non-hydrogen) atoms. The van der Waals surface area contributed by atoms with E-state index in [4.69, 9.17) is 0 Å². The van der Waals surface area contributed by atoms with Crippen LogP contribution in [0.1, 0.15) is 24.0 Å². The summed E-state index contributed by atoms with van der Waals surface area (Å²) in [5.74, 6) is -0.322. The number of sulfonamides is 1. The molecule has 1 saturated heterocycles. The number of rotatable bonds is 7. The molecular weight excluding hydrogens is 394 g/mol. The van der Waals surface area contributed by atoms with E-state index >= 15 is 0 Å². The Hall–Kier alpha value is -3.04. The minimum absolute atomic E-state index is 0.0122. The topological polar surface area (TPSA) is 110 Å². The average Bonchev–Trinajstić information content (AvgIpc) is 3.27.